The first-order valence-electron chi connectivity index (χ1n) is 11.7. The number of hydrogen-bond donors (Lipinski definition) is 1. The van der Waals surface area contributed by atoms with Crippen molar-refractivity contribution in [3.05, 3.63) is 75.3 Å². The Morgan fingerprint density at radius 3 is 2.53 bits per heavy atom. The molecule has 1 atom stereocenters. The molecule has 0 saturated carbocycles. The Morgan fingerprint density at radius 1 is 1.15 bits per heavy atom. The second-order valence-corrected chi connectivity index (χ2v) is 10.5. The molecule has 0 aliphatic carbocycles. The van der Waals surface area contributed by atoms with E-state index in [4.69, 9.17) is 11.6 Å². The molecular weight excluding hydrogens is 466 g/mol. The number of thiazole rings is 1. The summed E-state index contributed by atoms with van der Waals surface area (Å²) in [6.07, 6.45) is 1.64. The van der Waals surface area contributed by atoms with Crippen LogP contribution in [0.3, 0.4) is 0 Å². The predicted octanol–water partition coefficient (Wildman–Crippen LogP) is 5.89. The van der Waals surface area contributed by atoms with Gasteiger partial charge < -0.3 is 10.2 Å². The summed E-state index contributed by atoms with van der Waals surface area (Å²) in [5.74, 6) is 0.250. The van der Waals surface area contributed by atoms with Gasteiger partial charge in [0.15, 0.2) is 0 Å². The van der Waals surface area contributed by atoms with E-state index in [1.165, 1.54) is 16.9 Å². The zero-order valence-electron chi connectivity index (χ0n) is 19.8. The summed E-state index contributed by atoms with van der Waals surface area (Å²) in [6.45, 7) is 7.73. The highest BCUT2D eigenvalue weighted by atomic mass is 35.5. The Labute approximate surface area is 210 Å². The SMILES string of the molecule is Cc1ccc(-c2nc(C)c(C(=O)N3CCC([C@@H](C)C(=O)NCc4cccc(Cl)c4)CC3)s2)cc1. The molecule has 2 heterocycles. The minimum absolute atomic E-state index is 0.0462. The normalized spacial score (nSPS) is 15.2. The van der Waals surface area contributed by atoms with Crippen molar-refractivity contribution >= 4 is 34.8 Å². The molecule has 0 unspecified atom stereocenters. The molecule has 1 aliphatic heterocycles. The maximum Gasteiger partial charge on any atom is 0.265 e. The number of rotatable bonds is 6. The topological polar surface area (TPSA) is 62.3 Å². The molecule has 3 aromatic rings. The highest BCUT2D eigenvalue weighted by molar-refractivity contribution is 7.17. The minimum Gasteiger partial charge on any atom is -0.352 e. The van der Waals surface area contributed by atoms with Crippen molar-refractivity contribution in [2.75, 3.05) is 13.1 Å². The highest BCUT2D eigenvalue weighted by Gasteiger charge is 2.31. The molecule has 0 spiro atoms. The van der Waals surface area contributed by atoms with Gasteiger partial charge in [-0.25, -0.2) is 4.98 Å². The van der Waals surface area contributed by atoms with E-state index < -0.39 is 0 Å². The lowest BCUT2D eigenvalue weighted by Crippen LogP contribution is -2.42. The van der Waals surface area contributed by atoms with E-state index in [0.717, 1.165) is 34.7 Å². The van der Waals surface area contributed by atoms with Crippen molar-refractivity contribution in [3.8, 4) is 10.6 Å². The van der Waals surface area contributed by atoms with Crippen molar-refractivity contribution < 1.29 is 9.59 Å². The fourth-order valence-corrected chi connectivity index (χ4v) is 5.62. The van der Waals surface area contributed by atoms with Gasteiger partial charge in [0.2, 0.25) is 5.91 Å². The Balaban J connectivity index is 1.32. The molecule has 178 valence electrons. The molecule has 7 heteroatoms. The van der Waals surface area contributed by atoms with E-state index in [0.29, 0.717) is 29.5 Å². The van der Waals surface area contributed by atoms with Crippen LogP contribution in [0.1, 0.15) is 46.3 Å². The van der Waals surface area contributed by atoms with Crippen molar-refractivity contribution in [2.24, 2.45) is 11.8 Å². The van der Waals surface area contributed by atoms with Gasteiger partial charge in [-0.1, -0.05) is 60.5 Å². The molecule has 1 saturated heterocycles. The molecule has 1 N–H and O–H groups in total. The smallest absolute Gasteiger partial charge is 0.265 e. The van der Waals surface area contributed by atoms with Crippen LogP contribution in [0.4, 0.5) is 0 Å². The first-order chi connectivity index (χ1) is 16.3. The number of carbonyl (C=O) groups is 2. The number of benzene rings is 2. The molecule has 34 heavy (non-hydrogen) atoms. The average molecular weight is 496 g/mol. The Kier molecular flexibility index (Phi) is 7.69. The van der Waals surface area contributed by atoms with Crippen molar-refractivity contribution in [1.82, 2.24) is 15.2 Å². The molecule has 0 bridgehead atoms. The summed E-state index contributed by atoms with van der Waals surface area (Å²) in [5.41, 5.74) is 4.00. The average Bonchev–Trinajstić information content (AvgIpc) is 3.23. The Bertz CT molecular complexity index is 1170. The third kappa shape index (κ3) is 5.68. The van der Waals surface area contributed by atoms with Crippen LogP contribution in [0.5, 0.6) is 0 Å². The van der Waals surface area contributed by atoms with Gasteiger partial charge in [0, 0.05) is 36.1 Å². The number of likely N-dealkylation sites (tertiary alicyclic amines) is 1. The molecule has 4 rings (SSSR count). The molecule has 1 aromatic heterocycles. The van der Waals surface area contributed by atoms with Crippen molar-refractivity contribution in [3.63, 3.8) is 0 Å². The summed E-state index contributed by atoms with van der Waals surface area (Å²) in [6, 6.07) is 15.7. The summed E-state index contributed by atoms with van der Waals surface area (Å²) in [7, 11) is 0. The van der Waals surface area contributed by atoms with Crippen LogP contribution < -0.4 is 5.32 Å². The predicted molar refractivity (Wildman–Crippen MR) is 138 cm³/mol. The van der Waals surface area contributed by atoms with Crippen molar-refractivity contribution in [2.45, 2.75) is 40.2 Å². The van der Waals surface area contributed by atoms with E-state index in [2.05, 4.69) is 29.4 Å². The van der Waals surface area contributed by atoms with Gasteiger partial charge in [-0.15, -0.1) is 11.3 Å². The molecule has 1 aliphatic rings. The second-order valence-electron chi connectivity index (χ2n) is 9.07. The number of nitrogens with one attached hydrogen (secondary N) is 1. The molecule has 5 nitrogen and oxygen atoms in total. The Hall–Kier alpha value is -2.70. The quantitative estimate of drug-likeness (QED) is 0.464. The Morgan fingerprint density at radius 2 is 1.85 bits per heavy atom. The van der Waals surface area contributed by atoms with Gasteiger partial charge in [-0.3, -0.25) is 9.59 Å². The van der Waals surface area contributed by atoms with Gasteiger partial charge in [0.25, 0.3) is 5.91 Å². The zero-order valence-corrected chi connectivity index (χ0v) is 21.4. The fraction of sp³-hybridized carbons (Fsp3) is 0.370. The van der Waals surface area contributed by atoms with E-state index >= 15 is 0 Å². The lowest BCUT2D eigenvalue weighted by atomic mass is 9.84. The number of nitrogens with zero attached hydrogens (tertiary/aromatic N) is 2. The summed E-state index contributed by atoms with van der Waals surface area (Å²) in [5, 5.41) is 4.57. The van der Waals surface area contributed by atoms with Crippen LogP contribution in [0, 0.1) is 25.7 Å². The summed E-state index contributed by atoms with van der Waals surface area (Å²) in [4.78, 5) is 33.2. The molecular formula is C27H30ClN3O2S. The third-order valence-electron chi connectivity index (χ3n) is 6.59. The van der Waals surface area contributed by atoms with E-state index in [1.54, 1.807) is 0 Å². The van der Waals surface area contributed by atoms with Crippen LogP contribution in [0.25, 0.3) is 10.6 Å². The van der Waals surface area contributed by atoms with Gasteiger partial charge in [0.1, 0.15) is 9.88 Å². The maximum absolute atomic E-state index is 13.2. The molecule has 2 aromatic carbocycles. The molecule has 0 radical (unpaired) electrons. The lowest BCUT2D eigenvalue weighted by molar-refractivity contribution is -0.126. The van der Waals surface area contributed by atoms with Crippen LogP contribution >= 0.6 is 22.9 Å². The zero-order chi connectivity index (χ0) is 24.2. The standard InChI is InChI=1S/C27H30ClN3O2S/c1-17-7-9-22(10-8-17)26-30-19(3)24(34-26)27(33)31-13-11-21(12-14-31)18(2)25(32)29-16-20-5-4-6-23(28)15-20/h4-10,15,18,21H,11-14,16H2,1-3H3,(H,29,32)/t18-/m1/s1. The largest absolute Gasteiger partial charge is 0.352 e. The van der Waals surface area contributed by atoms with Crippen LogP contribution in [-0.4, -0.2) is 34.8 Å². The van der Waals surface area contributed by atoms with Crippen molar-refractivity contribution in [1.29, 1.82) is 0 Å². The summed E-state index contributed by atoms with van der Waals surface area (Å²) >= 11 is 7.49. The number of hydrogen-bond acceptors (Lipinski definition) is 4. The second kappa shape index (κ2) is 10.7. The third-order valence-corrected chi connectivity index (χ3v) is 8.02. The van der Waals surface area contributed by atoms with Crippen LogP contribution in [-0.2, 0) is 11.3 Å². The van der Waals surface area contributed by atoms with E-state index in [-0.39, 0.29) is 23.7 Å². The van der Waals surface area contributed by atoms with Gasteiger partial charge in [-0.2, -0.15) is 0 Å². The fourth-order valence-electron chi connectivity index (χ4n) is 4.37. The lowest BCUT2D eigenvalue weighted by Gasteiger charge is -2.34. The molecule has 1 fully saturated rings. The highest BCUT2D eigenvalue weighted by Crippen LogP contribution is 2.31. The van der Waals surface area contributed by atoms with E-state index in [9.17, 15) is 9.59 Å². The number of aromatic nitrogens is 1. The monoisotopic (exact) mass is 495 g/mol. The van der Waals surface area contributed by atoms with Gasteiger partial charge in [-0.05, 0) is 50.3 Å². The van der Waals surface area contributed by atoms with Gasteiger partial charge in [0.05, 0.1) is 5.69 Å². The number of amides is 2. The first kappa shape index (κ1) is 24.4. The molecule has 2 amide bonds. The first-order valence-corrected chi connectivity index (χ1v) is 12.9. The number of aryl methyl sites for hydroxylation is 2. The number of halogens is 1. The summed E-state index contributed by atoms with van der Waals surface area (Å²) < 4.78 is 0. The number of carbonyl (C=O) groups excluding carboxylic acids is 2. The minimum atomic E-state index is -0.102. The van der Waals surface area contributed by atoms with E-state index in [1.807, 2.05) is 55.1 Å². The number of piperidine rings is 1. The van der Waals surface area contributed by atoms with Crippen LogP contribution in [0.15, 0.2) is 48.5 Å². The maximum atomic E-state index is 13.2. The van der Waals surface area contributed by atoms with Crippen LogP contribution in [0.2, 0.25) is 5.02 Å². The van der Waals surface area contributed by atoms with Gasteiger partial charge >= 0.3 is 0 Å².